The molecule has 0 saturated heterocycles. The minimum absolute atomic E-state index is 0.374. The van der Waals surface area contributed by atoms with E-state index in [-0.39, 0.29) is 0 Å². The van der Waals surface area contributed by atoms with Crippen molar-refractivity contribution in [3.05, 3.63) is 11.1 Å². The van der Waals surface area contributed by atoms with E-state index < -0.39 is 0 Å². The lowest BCUT2D eigenvalue weighted by Crippen LogP contribution is -2.53. The SMILES string of the molecule is C[C@H]1CCC[C@@H]2CC3OCC4=C3C(OC4)[C@@]21C. The fourth-order valence-electron chi connectivity index (χ4n) is 4.86. The Morgan fingerprint density at radius 1 is 1.18 bits per heavy atom. The van der Waals surface area contributed by atoms with Crippen LogP contribution in [0.3, 0.4) is 0 Å². The van der Waals surface area contributed by atoms with E-state index in [9.17, 15) is 0 Å². The molecule has 4 rings (SSSR count). The normalized spacial score (nSPS) is 52.6. The zero-order valence-corrected chi connectivity index (χ0v) is 10.9. The van der Waals surface area contributed by atoms with E-state index in [1.807, 2.05) is 0 Å². The van der Waals surface area contributed by atoms with E-state index in [1.165, 1.54) is 31.3 Å². The fourth-order valence-corrected chi connectivity index (χ4v) is 4.86. The fraction of sp³-hybridized carbons (Fsp3) is 0.867. The first-order valence-corrected chi connectivity index (χ1v) is 7.16. The van der Waals surface area contributed by atoms with E-state index in [4.69, 9.17) is 9.47 Å². The predicted molar refractivity (Wildman–Crippen MR) is 65.7 cm³/mol. The summed E-state index contributed by atoms with van der Waals surface area (Å²) in [6, 6.07) is 0. The molecule has 0 N–H and O–H groups in total. The second-order valence-corrected chi connectivity index (χ2v) is 6.68. The molecule has 2 aliphatic carbocycles. The summed E-state index contributed by atoms with van der Waals surface area (Å²) < 4.78 is 12.1. The molecule has 0 amide bonds. The van der Waals surface area contributed by atoms with Crippen molar-refractivity contribution in [2.75, 3.05) is 13.2 Å². The van der Waals surface area contributed by atoms with Crippen LogP contribution in [0.1, 0.15) is 39.5 Å². The van der Waals surface area contributed by atoms with Crippen LogP contribution in [-0.4, -0.2) is 25.4 Å². The van der Waals surface area contributed by atoms with Crippen LogP contribution in [0.25, 0.3) is 0 Å². The Bertz CT molecular complexity index is 386. The molecular weight excluding hydrogens is 212 g/mol. The van der Waals surface area contributed by atoms with Gasteiger partial charge in [-0.3, -0.25) is 0 Å². The second-order valence-electron chi connectivity index (χ2n) is 6.68. The lowest BCUT2D eigenvalue weighted by atomic mass is 9.53. The van der Waals surface area contributed by atoms with Crippen LogP contribution < -0.4 is 0 Å². The van der Waals surface area contributed by atoms with Crippen molar-refractivity contribution in [3.8, 4) is 0 Å². The van der Waals surface area contributed by atoms with Gasteiger partial charge >= 0.3 is 0 Å². The summed E-state index contributed by atoms with van der Waals surface area (Å²) in [5.41, 5.74) is 3.40. The largest absolute Gasteiger partial charge is 0.369 e. The number of hydrogen-bond acceptors (Lipinski definition) is 2. The third kappa shape index (κ3) is 1.18. The van der Waals surface area contributed by atoms with E-state index in [2.05, 4.69) is 13.8 Å². The van der Waals surface area contributed by atoms with Crippen LogP contribution >= 0.6 is 0 Å². The predicted octanol–water partition coefficient (Wildman–Crippen LogP) is 2.93. The molecular formula is C15H22O2. The minimum atomic E-state index is 0.374. The first-order chi connectivity index (χ1) is 8.21. The summed E-state index contributed by atoms with van der Waals surface area (Å²) in [5, 5.41) is 0. The van der Waals surface area contributed by atoms with Gasteiger partial charge in [-0.1, -0.05) is 26.7 Å². The number of fused-ring (bicyclic) bond motifs is 2. The highest BCUT2D eigenvalue weighted by atomic mass is 16.5. The van der Waals surface area contributed by atoms with Gasteiger partial charge in [0.25, 0.3) is 0 Å². The maximum atomic E-state index is 6.18. The molecule has 2 saturated carbocycles. The molecule has 0 aromatic heterocycles. The van der Waals surface area contributed by atoms with Gasteiger partial charge in [0.05, 0.1) is 25.4 Å². The van der Waals surface area contributed by atoms with Gasteiger partial charge in [-0.05, 0) is 35.8 Å². The molecule has 2 unspecified atom stereocenters. The molecule has 2 nitrogen and oxygen atoms in total. The van der Waals surface area contributed by atoms with Gasteiger partial charge < -0.3 is 9.47 Å². The molecule has 4 aliphatic rings. The molecule has 2 aliphatic heterocycles. The summed E-state index contributed by atoms with van der Waals surface area (Å²) in [5.74, 6) is 1.60. The third-order valence-electron chi connectivity index (χ3n) is 6.12. The van der Waals surface area contributed by atoms with Crippen LogP contribution in [0.5, 0.6) is 0 Å². The van der Waals surface area contributed by atoms with E-state index >= 15 is 0 Å². The Balaban J connectivity index is 1.79. The Kier molecular flexibility index (Phi) is 2.09. The summed E-state index contributed by atoms with van der Waals surface area (Å²) in [6.45, 7) is 6.60. The van der Waals surface area contributed by atoms with Crippen molar-refractivity contribution < 1.29 is 9.47 Å². The zero-order valence-electron chi connectivity index (χ0n) is 10.9. The van der Waals surface area contributed by atoms with Gasteiger partial charge in [0.15, 0.2) is 0 Å². The van der Waals surface area contributed by atoms with Gasteiger partial charge in [0.2, 0.25) is 0 Å². The summed E-state index contributed by atoms with van der Waals surface area (Å²) >= 11 is 0. The highest BCUT2D eigenvalue weighted by Gasteiger charge is 2.57. The highest BCUT2D eigenvalue weighted by Crippen LogP contribution is 2.59. The van der Waals surface area contributed by atoms with Gasteiger partial charge in [-0.25, -0.2) is 0 Å². The minimum Gasteiger partial charge on any atom is -0.369 e. The molecule has 2 heteroatoms. The van der Waals surface area contributed by atoms with Gasteiger partial charge in [0, 0.05) is 5.41 Å². The Labute approximate surface area is 103 Å². The van der Waals surface area contributed by atoms with Gasteiger partial charge in [0.1, 0.15) is 0 Å². The molecule has 2 fully saturated rings. The average Bonchev–Trinajstić information content (AvgIpc) is 2.88. The number of ether oxygens (including phenoxy) is 2. The molecule has 0 bridgehead atoms. The molecule has 17 heavy (non-hydrogen) atoms. The van der Waals surface area contributed by atoms with E-state index in [1.54, 1.807) is 5.57 Å². The molecule has 94 valence electrons. The first-order valence-electron chi connectivity index (χ1n) is 7.16. The van der Waals surface area contributed by atoms with E-state index in [0.29, 0.717) is 17.6 Å². The molecule has 0 spiro atoms. The van der Waals surface area contributed by atoms with Gasteiger partial charge in [-0.15, -0.1) is 0 Å². The Hall–Kier alpha value is -0.340. The van der Waals surface area contributed by atoms with Crippen molar-refractivity contribution >= 4 is 0 Å². The molecule has 2 heterocycles. The Morgan fingerprint density at radius 2 is 2.00 bits per heavy atom. The number of hydrogen-bond donors (Lipinski definition) is 0. The maximum Gasteiger partial charge on any atom is 0.0877 e. The monoisotopic (exact) mass is 234 g/mol. The average molecular weight is 234 g/mol. The molecule has 0 radical (unpaired) electrons. The third-order valence-corrected chi connectivity index (χ3v) is 6.12. The van der Waals surface area contributed by atoms with Crippen LogP contribution in [0.4, 0.5) is 0 Å². The van der Waals surface area contributed by atoms with Crippen molar-refractivity contribution in [1.29, 1.82) is 0 Å². The van der Waals surface area contributed by atoms with Crippen LogP contribution in [0.15, 0.2) is 11.1 Å². The number of rotatable bonds is 0. The molecule has 0 aromatic carbocycles. The summed E-state index contributed by atoms with van der Waals surface area (Å²) in [4.78, 5) is 0. The zero-order chi connectivity index (χ0) is 11.6. The quantitative estimate of drug-likeness (QED) is 0.600. The molecule has 5 atom stereocenters. The summed E-state index contributed by atoms with van der Waals surface area (Å²) in [6.07, 6.45) is 6.18. The second kappa shape index (κ2) is 3.36. The van der Waals surface area contributed by atoms with Crippen molar-refractivity contribution in [2.24, 2.45) is 17.3 Å². The highest BCUT2D eigenvalue weighted by molar-refractivity contribution is 5.36. The van der Waals surface area contributed by atoms with Crippen molar-refractivity contribution in [3.63, 3.8) is 0 Å². The first kappa shape index (κ1) is 10.6. The van der Waals surface area contributed by atoms with Crippen LogP contribution in [0, 0.1) is 17.3 Å². The van der Waals surface area contributed by atoms with E-state index in [0.717, 1.165) is 25.0 Å². The maximum absolute atomic E-state index is 6.18. The standard InChI is InChI=1S/C15H22O2/c1-9-4-3-5-11-6-12-13-10(7-16-12)8-17-14(13)15(9,11)2/h9,11-12,14H,3-8H2,1-2H3/t9-,11+,12?,14?,15+/m0/s1. The van der Waals surface area contributed by atoms with Gasteiger partial charge in [-0.2, -0.15) is 0 Å². The topological polar surface area (TPSA) is 18.5 Å². The summed E-state index contributed by atoms with van der Waals surface area (Å²) in [7, 11) is 0. The van der Waals surface area contributed by atoms with Crippen LogP contribution in [0.2, 0.25) is 0 Å². The lowest BCUT2D eigenvalue weighted by molar-refractivity contribution is -0.119. The lowest BCUT2D eigenvalue weighted by Gasteiger charge is -2.54. The van der Waals surface area contributed by atoms with Crippen LogP contribution in [-0.2, 0) is 9.47 Å². The van der Waals surface area contributed by atoms with Crippen molar-refractivity contribution in [1.82, 2.24) is 0 Å². The molecule has 0 aromatic rings. The van der Waals surface area contributed by atoms with Crippen molar-refractivity contribution in [2.45, 2.75) is 51.7 Å². The smallest absolute Gasteiger partial charge is 0.0877 e. The Morgan fingerprint density at radius 3 is 2.88 bits per heavy atom.